The highest BCUT2D eigenvalue weighted by molar-refractivity contribution is 4.92. The summed E-state index contributed by atoms with van der Waals surface area (Å²) in [6.45, 7) is 12.8. The summed E-state index contributed by atoms with van der Waals surface area (Å²) in [4.78, 5) is 0. The van der Waals surface area contributed by atoms with Crippen molar-refractivity contribution in [3.8, 4) is 0 Å². The Kier molecular flexibility index (Phi) is 6.61. The SMILES string of the molecule is CCC1(C2OCOCO2)CNC(CC[N+](C)(CC)CC)NC1. The number of hydrogen-bond donors (Lipinski definition) is 2. The van der Waals surface area contributed by atoms with Gasteiger partial charge in [-0.2, -0.15) is 0 Å². The maximum atomic E-state index is 5.67. The predicted octanol–water partition coefficient (Wildman–Crippen LogP) is 1.08. The van der Waals surface area contributed by atoms with Gasteiger partial charge in [0.25, 0.3) is 0 Å². The number of rotatable bonds is 7. The van der Waals surface area contributed by atoms with E-state index in [1.54, 1.807) is 0 Å². The van der Waals surface area contributed by atoms with E-state index in [0.717, 1.165) is 30.4 Å². The van der Waals surface area contributed by atoms with Gasteiger partial charge in [-0.3, -0.25) is 0 Å². The van der Waals surface area contributed by atoms with E-state index in [2.05, 4.69) is 38.5 Å². The number of quaternary nitrogens is 1. The standard InChI is InChI=1S/C16H34N3O3/c1-5-16(15-21-12-20-13-22-15)10-17-14(18-11-16)8-9-19(4,6-2)7-3/h14-15,17-18H,5-13H2,1-4H3/q+1. The molecule has 0 aromatic rings. The molecule has 6 nitrogen and oxygen atoms in total. The molecule has 0 radical (unpaired) electrons. The van der Waals surface area contributed by atoms with Gasteiger partial charge in [0, 0.05) is 24.9 Å². The van der Waals surface area contributed by atoms with Crippen molar-refractivity contribution in [2.45, 2.75) is 46.1 Å². The van der Waals surface area contributed by atoms with Crippen LogP contribution in [0.15, 0.2) is 0 Å². The zero-order valence-electron chi connectivity index (χ0n) is 14.7. The van der Waals surface area contributed by atoms with Crippen molar-refractivity contribution < 1.29 is 18.7 Å². The summed E-state index contributed by atoms with van der Waals surface area (Å²) in [5, 5.41) is 7.31. The predicted molar refractivity (Wildman–Crippen MR) is 86.0 cm³/mol. The molecule has 130 valence electrons. The number of ether oxygens (including phenoxy) is 3. The van der Waals surface area contributed by atoms with Crippen LogP contribution in [0.25, 0.3) is 0 Å². The molecule has 0 unspecified atom stereocenters. The average Bonchev–Trinajstić information content (AvgIpc) is 2.61. The molecular formula is C16H34N3O3+. The third kappa shape index (κ3) is 4.19. The second kappa shape index (κ2) is 8.04. The molecule has 0 aromatic carbocycles. The van der Waals surface area contributed by atoms with Crippen molar-refractivity contribution in [1.29, 1.82) is 0 Å². The molecule has 6 heteroatoms. The molecule has 2 saturated heterocycles. The van der Waals surface area contributed by atoms with E-state index in [0.29, 0.717) is 19.8 Å². The molecule has 0 atom stereocenters. The molecule has 2 aliphatic rings. The third-order valence-electron chi connectivity index (χ3n) is 5.70. The molecule has 2 rings (SSSR count). The van der Waals surface area contributed by atoms with E-state index in [1.165, 1.54) is 19.6 Å². The Balaban J connectivity index is 1.83. The first-order valence-corrected chi connectivity index (χ1v) is 8.69. The summed E-state index contributed by atoms with van der Waals surface area (Å²) < 4.78 is 17.6. The first kappa shape index (κ1) is 18.1. The summed E-state index contributed by atoms with van der Waals surface area (Å²) in [7, 11) is 2.34. The lowest BCUT2D eigenvalue weighted by atomic mass is 9.82. The Labute approximate surface area is 135 Å². The van der Waals surface area contributed by atoms with Crippen LogP contribution in [0, 0.1) is 5.41 Å². The van der Waals surface area contributed by atoms with Crippen molar-refractivity contribution in [1.82, 2.24) is 10.6 Å². The maximum Gasteiger partial charge on any atom is 0.171 e. The highest BCUT2D eigenvalue weighted by Crippen LogP contribution is 2.32. The van der Waals surface area contributed by atoms with Gasteiger partial charge in [0.1, 0.15) is 0 Å². The van der Waals surface area contributed by atoms with E-state index in [9.17, 15) is 0 Å². The second-order valence-electron chi connectivity index (χ2n) is 6.90. The molecule has 0 bridgehead atoms. The lowest BCUT2D eigenvalue weighted by Gasteiger charge is -2.46. The molecule has 2 fully saturated rings. The highest BCUT2D eigenvalue weighted by Gasteiger charge is 2.43. The highest BCUT2D eigenvalue weighted by atomic mass is 16.8. The van der Waals surface area contributed by atoms with Crippen LogP contribution in [0.1, 0.15) is 33.6 Å². The molecule has 2 N–H and O–H groups in total. The van der Waals surface area contributed by atoms with Crippen molar-refractivity contribution in [2.24, 2.45) is 5.41 Å². The molecule has 0 aliphatic carbocycles. The fourth-order valence-electron chi connectivity index (χ4n) is 3.21. The minimum Gasteiger partial charge on any atom is -0.329 e. The van der Waals surface area contributed by atoms with Crippen molar-refractivity contribution in [2.75, 3.05) is 53.4 Å². The van der Waals surface area contributed by atoms with Gasteiger partial charge in [0.05, 0.1) is 32.8 Å². The Morgan fingerprint density at radius 3 is 2.14 bits per heavy atom. The van der Waals surface area contributed by atoms with Crippen LogP contribution in [0.4, 0.5) is 0 Å². The Bertz CT molecular complexity index is 323. The Hall–Kier alpha value is -0.240. The van der Waals surface area contributed by atoms with Gasteiger partial charge >= 0.3 is 0 Å². The lowest BCUT2D eigenvalue weighted by Crippen LogP contribution is -2.64. The number of nitrogens with zero attached hydrogens (tertiary/aromatic N) is 1. The Morgan fingerprint density at radius 2 is 1.64 bits per heavy atom. The largest absolute Gasteiger partial charge is 0.329 e. The van der Waals surface area contributed by atoms with Gasteiger partial charge in [0.2, 0.25) is 0 Å². The summed E-state index contributed by atoms with van der Waals surface area (Å²) in [5.41, 5.74) is -0.00600. The van der Waals surface area contributed by atoms with Gasteiger partial charge in [-0.15, -0.1) is 0 Å². The summed E-state index contributed by atoms with van der Waals surface area (Å²) in [6.07, 6.45) is 2.37. The zero-order valence-corrected chi connectivity index (χ0v) is 14.7. The van der Waals surface area contributed by atoms with Gasteiger partial charge < -0.3 is 29.3 Å². The minimum atomic E-state index is -0.181. The first-order valence-electron chi connectivity index (χ1n) is 8.69. The van der Waals surface area contributed by atoms with Crippen LogP contribution in [-0.2, 0) is 14.2 Å². The van der Waals surface area contributed by atoms with E-state index >= 15 is 0 Å². The molecule has 0 aromatic heterocycles. The van der Waals surface area contributed by atoms with Crippen LogP contribution >= 0.6 is 0 Å². The van der Waals surface area contributed by atoms with Crippen molar-refractivity contribution in [3.05, 3.63) is 0 Å². The smallest absolute Gasteiger partial charge is 0.171 e. The van der Waals surface area contributed by atoms with Crippen molar-refractivity contribution >= 4 is 0 Å². The normalized spacial score (nSPS) is 31.4. The van der Waals surface area contributed by atoms with Crippen molar-refractivity contribution in [3.63, 3.8) is 0 Å². The monoisotopic (exact) mass is 316 g/mol. The molecule has 0 spiro atoms. The van der Waals surface area contributed by atoms with Crippen LogP contribution in [0.2, 0.25) is 0 Å². The summed E-state index contributed by atoms with van der Waals surface area (Å²) >= 11 is 0. The minimum absolute atomic E-state index is 0.00600. The topological polar surface area (TPSA) is 51.8 Å². The fraction of sp³-hybridized carbons (Fsp3) is 1.00. The zero-order chi connectivity index (χ0) is 16.1. The van der Waals surface area contributed by atoms with Gasteiger partial charge in [-0.25, -0.2) is 0 Å². The fourth-order valence-corrected chi connectivity index (χ4v) is 3.21. The second-order valence-corrected chi connectivity index (χ2v) is 6.90. The first-order chi connectivity index (χ1) is 10.6. The summed E-state index contributed by atoms with van der Waals surface area (Å²) in [6, 6.07) is 0. The lowest BCUT2D eigenvalue weighted by molar-refractivity contribution is -0.906. The molecule has 2 aliphatic heterocycles. The molecule has 22 heavy (non-hydrogen) atoms. The van der Waals surface area contributed by atoms with Crippen LogP contribution < -0.4 is 10.6 Å². The maximum absolute atomic E-state index is 5.67. The van der Waals surface area contributed by atoms with E-state index in [4.69, 9.17) is 14.2 Å². The molecule has 0 amide bonds. The molecule has 0 saturated carbocycles. The van der Waals surface area contributed by atoms with Crippen LogP contribution in [0.3, 0.4) is 0 Å². The van der Waals surface area contributed by atoms with Crippen LogP contribution in [0.5, 0.6) is 0 Å². The number of nitrogens with one attached hydrogen (secondary N) is 2. The van der Waals surface area contributed by atoms with Gasteiger partial charge in [-0.1, -0.05) is 6.92 Å². The van der Waals surface area contributed by atoms with Gasteiger partial charge in [-0.05, 0) is 20.3 Å². The van der Waals surface area contributed by atoms with E-state index in [1.807, 2.05) is 0 Å². The summed E-state index contributed by atoms with van der Waals surface area (Å²) in [5.74, 6) is 0. The average molecular weight is 316 g/mol. The van der Waals surface area contributed by atoms with E-state index in [-0.39, 0.29) is 11.7 Å². The van der Waals surface area contributed by atoms with E-state index < -0.39 is 0 Å². The third-order valence-corrected chi connectivity index (χ3v) is 5.70. The molecule has 2 heterocycles. The molecular weight excluding hydrogens is 282 g/mol. The Morgan fingerprint density at radius 1 is 1.05 bits per heavy atom. The van der Waals surface area contributed by atoms with Gasteiger partial charge in [0.15, 0.2) is 19.9 Å². The van der Waals surface area contributed by atoms with Crippen LogP contribution in [-0.4, -0.2) is 70.3 Å². The number of hydrogen-bond acceptors (Lipinski definition) is 5. The quantitative estimate of drug-likeness (QED) is 0.689.